The molecule has 2 aliphatic heterocycles. The second-order valence-corrected chi connectivity index (χ2v) is 13.6. The third kappa shape index (κ3) is 6.32. The number of carboxylic acids is 4. The van der Waals surface area contributed by atoms with Gasteiger partial charge in [-0.3, -0.25) is 9.59 Å². The number of anilines is 1. The SMILES string of the molecule is CC1(C)C(=CC=C2CCC(C=CC3=[N+](CCC(=O)O)c4ccc(C(=O)O)cc4C3(C)C)=C2Cl)N(CCC(=O)O)c2ccc(C(=O)O)cc21. The summed E-state index contributed by atoms with van der Waals surface area (Å²) in [5, 5.41) is 38.6. The first kappa shape index (κ1) is 34.4. The summed E-state index contributed by atoms with van der Waals surface area (Å²) in [5.74, 6) is -3.94. The number of carbonyl (C=O) groups is 4. The highest BCUT2D eigenvalue weighted by Crippen LogP contribution is 2.48. The van der Waals surface area contributed by atoms with Crippen LogP contribution in [0.2, 0.25) is 0 Å². The van der Waals surface area contributed by atoms with Gasteiger partial charge in [0.2, 0.25) is 5.69 Å². The molecule has 0 atom stereocenters. The maximum atomic E-state index is 11.7. The molecule has 0 aromatic heterocycles. The van der Waals surface area contributed by atoms with Crippen molar-refractivity contribution in [2.75, 3.05) is 18.0 Å². The standard InChI is InChI=1S/C37H37ClN2O8/c1-36(2)25-19-23(34(45)46)7-11-27(25)39(17-15-31(41)42)29(36)13-9-21-5-6-22(33(21)38)10-14-30-37(3,4)26-20-24(35(47)48)8-12-28(26)40(30)18-16-32(43)44/h7-14,19-20H,5-6,15-18H2,1-4H3,(H3-,41,42,43,44,45,46,47,48)/p+1. The summed E-state index contributed by atoms with van der Waals surface area (Å²) in [6.45, 7) is 8.36. The summed E-state index contributed by atoms with van der Waals surface area (Å²) >= 11 is 6.93. The zero-order valence-electron chi connectivity index (χ0n) is 27.2. The molecular weight excluding hydrogens is 636 g/mol. The molecule has 2 aromatic carbocycles. The Morgan fingerprint density at radius 3 is 2.06 bits per heavy atom. The van der Waals surface area contributed by atoms with Crippen LogP contribution < -0.4 is 4.90 Å². The molecule has 0 amide bonds. The molecule has 0 saturated carbocycles. The van der Waals surface area contributed by atoms with Crippen molar-refractivity contribution < 1.29 is 44.2 Å². The van der Waals surface area contributed by atoms with Gasteiger partial charge in [-0.2, -0.15) is 4.58 Å². The van der Waals surface area contributed by atoms with Gasteiger partial charge in [-0.05, 0) is 79.8 Å². The van der Waals surface area contributed by atoms with Crippen LogP contribution in [0, 0.1) is 0 Å². The topological polar surface area (TPSA) is 155 Å². The Bertz CT molecular complexity index is 1910. The summed E-state index contributed by atoms with van der Waals surface area (Å²) in [7, 11) is 0. The van der Waals surface area contributed by atoms with E-state index in [-0.39, 0.29) is 37.1 Å². The average Bonchev–Trinajstić information content (AvgIpc) is 3.55. The van der Waals surface area contributed by atoms with Crippen LogP contribution in [0.3, 0.4) is 0 Å². The number of carboxylic acid groups (broad SMARTS) is 4. The van der Waals surface area contributed by atoms with Crippen molar-refractivity contribution in [1.29, 1.82) is 0 Å². The Balaban J connectivity index is 1.50. The lowest BCUT2D eigenvalue weighted by Gasteiger charge is -2.26. The van der Waals surface area contributed by atoms with Crippen LogP contribution in [0.1, 0.15) is 85.2 Å². The summed E-state index contributed by atoms with van der Waals surface area (Å²) in [6, 6.07) is 9.80. The fourth-order valence-corrected chi connectivity index (χ4v) is 7.20. The van der Waals surface area contributed by atoms with Gasteiger partial charge in [-0.1, -0.05) is 37.6 Å². The molecule has 0 bridgehead atoms. The van der Waals surface area contributed by atoms with Gasteiger partial charge >= 0.3 is 23.9 Å². The Kier molecular flexibility index (Phi) is 9.25. The van der Waals surface area contributed by atoms with E-state index in [1.807, 2.05) is 61.5 Å². The summed E-state index contributed by atoms with van der Waals surface area (Å²) in [5.41, 5.74) is 5.71. The molecule has 0 radical (unpaired) electrons. The Morgan fingerprint density at radius 2 is 1.44 bits per heavy atom. The summed E-state index contributed by atoms with van der Waals surface area (Å²) < 4.78 is 1.93. The number of benzene rings is 2. The number of allylic oxidation sites excluding steroid dienone is 8. The van der Waals surface area contributed by atoms with E-state index in [9.17, 15) is 39.6 Å². The van der Waals surface area contributed by atoms with E-state index < -0.39 is 34.7 Å². The normalized spacial score (nSPS) is 19.5. The van der Waals surface area contributed by atoms with Crippen molar-refractivity contribution in [3.63, 3.8) is 0 Å². The lowest BCUT2D eigenvalue weighted by Crippen LogP contribution is -2.28. The number of rotatable bonds is 11. The molecule has 0 fully saturated rings. The van der Waals surface area contributed by atoms with E-state index in [0.717, 1.165) is 45.1 Å². The third-order valence-electron chi connectivity index (χ3n) is 9.49. The van der Waals surface area contributed by atoms with Crippen LogP contribution >= 0.6 is 11.6 Å². The van der Waals surface area contributed by atoms with Gasteiger partial charge in [0.15, 0.2) is 12.3 Å². The molecule has 48 heavy (non-hydrogen) atoms. The van der Waals surface area contributed by atoms with Crippen molar-refractivity contribution in [1.82, 2.24) is 0 Å². The predicted molar refractivity (Wildman–Crippen MR) is 182 cm³/mol. The molecule has 2 aromatic rings. The average molecular weight is 674 g/mol. The quantitative estimate of drug-likeness (QED) is 0.187. The number of fused-ring (bicyclic) bond motifs is 2. The minimum absolute atomic E-state index is 0.0974. The second kappa shape index (κ2) is 12.9. The predicted octanol–water partition coefficient (Wildman–Crippen LogP) is 6.86. The zero-order chi connectivity index (χ0) is 35.1. The fourth-order valence-electron chi connectivity index (χ4n) is 6.88. The first-order valence-corrected chi connectivity index (χ1v) is 16.0. The van der Waals surface area contributed by atoms with Crippen LogP contribution in [-0.2, 0) is 20.4 Å². The van der Waals surface area contributed by atoms with E-state index in [0.29, 0.717) is 17.9 Å². The van der Waals surface area contributed by atoms with Crippen molar-refractivity contribution in [3.05, 3.63) is 105 Å². The van der Waals surface area contributed by atoms with Gasteiger partial charge in [0, 0.05) is 46.1 Å². The number of halogens is 1. The first-order chi connectivity index (χ1) is 22.5. The van der Waals surface area contributed by atoms with Gasteiger partial charge < -0.3 is 25.3 Å². The van der Waals surface area contributed by atoms with Gasteiger partial charge in [0.05, 0.1) is 23.0 Å². The molecule has 5 rings (SSSR count). The van der Waals surface area contributed by atoms with Crippen molar-refractivity contribution >= 4 is 52.6 Å². The van der Waals surface area contributed by atoms with E-state index in [4.69, 9.17) is 11.6 Å². The molecule has 0 spiro atoms. The van der Waals surface area contributed by atoms with Crippen LogP contribution in [0.5, 0.6) is 0 Å². The minimum atomic E-state index is -1.04. The smallest absolute Gasteiger partial charge is 0.335 e. The monoisotopic (exact) mass is 673 g/mol. The van der Waals surface area contributed by atoms with Gasteiger partial charge in [-0.15, -0.1) is 0 Å². The van der Waals surface area contributed by atoms with E-state index in [1.54, 1.807) is 24.3 Å². The van der Waals surface area contributed by atoms with Crippen LogP contribution in [0.25, 0.3) is 0 Å². The maximum Gasteiger partial charge on any atom is 0.335 e. The Morgan fingerprint density at radius 1 is 0.812 bits per heavy atom. The summed E-state index contributed by atoms with van der Waals surface area (Å²) in [4.78, 5) is 48.3. The number of aromatic carboxylic acids is 2. The van der Waals surface area contributed by atoms with Gasteiger partial charge in [0.25, 0.3) is 0 Å². The fraction of sp³-hybridized carbons (Fsp3) is 0.324. The molecule has 0 saturated heterocycles. The molecule has 3 aliphatic rings. The molecule has 1 aliphatic carbocycles. The van der Waals surface area contributed by atoms with Crippen LogP contribution in [0.4, 0.5) is 11.4 Å². The van der Waals surface area contributed by atoms with E-state index in [1.165, 1.54) is 12.1 Å². The lowest BCUT2D eigenvalue weighted by atomic mass is 9.80. The molecule has 10 nitrogen and oxygen atoms in total. The lowest BCUT2D eigenvalue weighted by molar-refractivity contribution is -0.436. The van der Waals surface area contributed by atoms with E-state index >= 15 is 0 Å². The van der Waals surface area contributed by atoms with Crippen molar-refractivity contribution in [2.24, 2.45) is 0 Å². The molecule has 250 valence electrons. The van der Waals surface area contributed by atoms with Crippen molar-refractivity contribution in [2.45, 2.75) is 64.2 Å². The van der Waals surface area contributed by atoms with E-state index in [2.05, 4.69) is 0 Å². The number of aliphatic carboxylic acids is 2. The highest BCUT2D eigenvalue weighted by molar-refractivity contribution is 6.33. The van der Waals surface area contributed by atoms with Gasteiger partial charge in [-0.25, -0.2) is 9.59 Å². The largest absolute Gasteiger partial charge is 0.481 e. The Labute approximate surface area is 283 Å². The molecule has 11 heteroatoms. The summed E-state index contributed by atoms with van der Waals surface area (Å²) in [6.07, 6.45) is 8.88. The van der Waals surface area contributed by atoms with Crippen LogP contribution in [-0.4, -0.2) is 67.7 Å². The minimum Gasteiger partial charge on any atom is -0.481 e. The van der Waals surface area contributed by atoms with Crippen molar-refractivity contribution in [3.8, 4) is 0 Å². The third-order valence-corrected chi connectivity index (χ3v) is 9.97. The maximum absolute atomic E-state index is 11.7. The highest BCUT2D eigenvalue weighted by Gasteiger charge is 2.45. The Hall–Kier alpha value is -4.96. The zero-order valence-corrected chi connectivity index (χ0v) is 28.0. The van der Waals surface area contributed by atoms with Crippen LogP contribution in [0.15, 0.2) is 82.6 Å². The number of nitrogens with zero attached hydrogens (tertiary/aromatic N) is 2. The second-order valence-electron chi connectivity index (χ2n) is 13.2. The van der Waals surface area contributed by atoms with Gasteiger partial charge in [0.1, 0.15) is 6.42 Å². The number of hydrogen-bond acceptors (Lipinski definition) is 5. The molecule has 2 heterocycles. The molecule has 0 unspecified atom stereocenters. The number of hydrogen-bond donors (Lipinski definition) is 4. The molecule has 4 N–H and O–H groups in total. The first-order valence-electron chi connectivity index (χ1n) is 15.6. The molecular formula is C37H38ClN2O8+. The highest BCUT2D eigenvalue weighted by atomic mass is 35.5.